The average molecular weight is 542 g/mol. The summed E-state index contributed by atoms with van der Waals surface area (Å²) in [5.41, 5.74) is -0.460. The zero-order valence-electron chi connectivity index (χ0n) is 20.7. The van der Waals surface area contributed by atoms with E-state index >= 15 is 0 Å². The first-order chi connectivity index (χ1) is 18.7. The Bertz CT molecular complexity index is 1420. The Morgan fingerprint density at radius 2 is 1.82 bits per heavy atom. The molecule has 3 atom stereocenters. The number of carbonyl (C=O) groups excluding carboxylic acids is 1. The summed E-state index contributed by atoms with van der Waals surface area (Å²) in [6.45, 7) is 0.279. The van der Waals surface area contributed by atoms with Crippen LogP contribution in [0.1, 0.15) is 43.0 Å². The number of nitrogens with zero attached hydrogens (tertiary/aromatic N) is 4. The zero-order chi connectivity index (χ0) is 27.6. The molecule has 0 spiro atoms. The molecule has 204 valence electrons. The van der Waals surface area contributed by atoms with Crippen molar-refractivity contribution in [1.82, 2.24) is 25.2 Å². The van der Waals surface area contributed by atoms with E-state index < -0.39 is 30.0 Å². The molecule has 0 bridgehead atoms. The van der Waals surface area contributed by atoms with Gasteiger partial charge in [0.15, 0.2) is 11.8 Å². The number of nitrogens with one attached hydrogen (secondary N) is 1. The molecule has 1 aliphatic carbocycles. The summed E-state index contributed by atoms with van der Waals surface area (Å²) in [7, 11) is 0. The monoisotopic (exact) mass is 541 g/mol. The van der Waals surface area contributed by atoms with Crippen LogP contribution in [0.4, 0.5) is 13.2 Å². The van der Waals surface area contributed by atoms with Crippen LogP contribution >= 0.6 is 0 Å². The van der Waals surface area contributed by atoms with Crippen LogP contribution in [-0.4, -0.2) is 48.7 Å². The molecule has 1 aliphatic rings. The van der Waals surface area contributed by atoms with Crippen molar-refractivity contribution >= 4 is 5.91 Å². The summed E-state index contributed by atoms with van der Waals surface area (Å²) in [4.78, 5) is 16.6. The molecule has 1 unspecified atom stereocenters. The summed E-state index contributed by atoms with van der Waals surface area (Å²) in [5, 5.41) is 30.9. The molecule has 0 saturated heterocycles. The van der Waals surface area contributed by atoms with Crippen molar-refractivity contribution < 1.29 is 32.7 Å². The molecule has 39 heavy (non-hydrogen) atoms. The highest BCUT2D eigenvalue weighted by Crippen LogP contribution is 2.38. The molecule has 2 aromatic heterocycles. The maximum absolute atomic E-state index is 14.0. The van der Waals surface area contributed by atoms with Gasteiger partial charge in [0.05, 0.1) is 23.6 Å². The molecule has 3 N–H and O–H groups in total. The topological polar surface area (TPSA) is 126 Å². The highest BCUT2D eigenvalue weighted by molar-refractivity contribution is 5.82. The number of para-hydroxylation sites is 1. The minimum atomic E-state index is -4.75. The maximum atomic E-state index is 14.0. The van der Waals surface area contributed by atoms with Crippen molar-refractivity contribution in [3.8, 4) is 28.5 Å². The summed E-state index contributed by atoms with van der Waals surface area (Å²) >= 11 is 0. The molecule has 1 amide bonds. The number of hydrogen-bond acceptors (Lipinski definition) is 7. The molecular weight excluding hydrogens is 515 g/mol. The van der Waals surface area contributed by atoms with Crippen molar-refractivity contribution in [2.45, 2.75) is 44.1 Å². The molecule has 0 aliphatic heterocycles. The smallest absolute Gasteiger partial charge is 0.393 e. The summed E-state index contributed by atoms with van der Waals surface area (Å²) in [6, 6.07) is 14.0. The van der Waals surface area contributed by atoms with E-state index in [9.17, 15) is 28.2 Å². The van der Waals surface area contributed by atoms with E-state index in [-0.39, 0.29) is 35.4 Å². The maximum Gasteiger partial charge on any atom is 0.434 e. The van der Waals surface area contributed by atoms with Crippen LogP contribution in [-0.2, 0) is 11.0 Å². The van der Waals surface area contributed by atoms with E-state index in [0.717, 1.165) is 30.1 Å². The largest absolute Gasteiger partial charge is 0.434 e. The minimum absolute atomic E-state index is 0.0300. The molecule has 2 aromatic carbocycles. The van der Waals surface area contributed by atoms with Gasteiger partial charge < -0.3 is 20.1 Å². The second-order valence-corrected chi connectivity index (χ2v) is 9.46. The van der Waals surface area contributed by atoms with Crippen molar-refractivity contribution in [2.75, 3.05) is 6.54 Å². The number of carbonyl (C=O) groups is 1. The number of halogens is 3. The Labute approximate surface area is 221 Å². The first-order valence-electron chi connectivity index (χ1n) is 12.5. The van der Waals surface area contributed by atoms with E-state index in [0.29, 0.717) is 17.5 Å². The Balaban J connectivity index is 1.31. The van der Waals surface area contributed by atoms with Gasteiger partial charge in [-0.25, -0.2) is 4.68 Å². The fourth-order valence-corrected chi connectivity index (χ4v) is 4.71. The Kier molecular flexibility index (Phi) is 7.49. The first kappa shape index (κ1) is 26.6. The van der Waals surface area contributed by atoms with E-state index in [4.69, 9.17) is 4.52 Å². The molecular formula is C27H26F3N5O4. The molecule has 1 saturated carbocycles. The van der Waals surface area contributed by atoms with Crippen LogP contribution in [0.5, 0.6) is 0 Å². The number of hydrogen-bond donors (Lipinski definition) is 3. The van der Waals surface area contributed by atoms with E-state index in [1.807, 2.05) is 0 Å². The predicted octanol–water partition coefficient (Wildman–Crippen LogP) is 4.31. The number of aliphatic hydroxyl groups is 2. The lowest BCUT2D eigenvalue weighted by atomic mass is 9.86. The van der Waals surface area contributed by atoms with Crippen LogP contribution in [0.15, 0.2) is 65.3 Å². The van der Waals surface area contributed by atoms with Crippen molar-refractivity contribution in [3.05, 3.63) is 72.1 Å². The average Bonchev–Trinajstić information content (AvgIpc) is 3.60. The van der Waals surface area contributed by atoms with Gasteiger partial charge in [0.25, 0.3) is 11.8 Å². The Morgan fingerprint density at radius 3 is 2.51 bits per heavy atom. The predicted molar refractivity (Wildman–Crippen MR) is 133 cm³/mol. The molecule has 4 aromatic rings. The highest BCUT2D eigenvalue weighted by atomic mass is 19.4. The van der Waals surface area contributed by atoms with Crippen molar-refractivity contribution in [2.24, 2.45) is 5.92 Å². The zero-order valence-corrected chi connectivity index (χ0v) is 20.7. The van der Waals surface area contributed by atoms with Crippen molar-refractivity contribution in [1.29, 1.82) is 0 Å². The van der Waals surface area contributed by atoms with E-state index in [2.05, 4.69) is 20.6 Å². The number of benzene rings is 2. The SMILES string of the molecule is O=C(NC[C@@H]1CCCC[C@H]1O)C(O)c1ccc(-c2noc(-c3cnn(-c4ccccc4)c3C(F)(F)F)n2)cc1. The van der Waals surface area contributed by atoms with Crippen molar-refractivity contribution in [3.63, 3.8) is 0 Å². The summed E-state index contributed by atoms with van der Waals surface area (Å²) in [6.07, 6.45) is -2.14. The van der Waals surface area contributed by atoms with Gasteiger partial charge in [-0.1, -0.05) is 60.5 Å². The number of rotatable bonds is 7. The van der Waals surface area contributed by atoms with E-state index in [1.165, 1.54) is 36.4 Å². The van der Waals surface area contributed by atoms with Crippen LogP contribution in [0, 0.1) is 5.92 Å². The molecule has 12 heteroatoms. The second kappa shape index (κ2) is 11.0. The third-order valence-electron chi connectivity index (χ3n) is 6.84. The normalized spacial score (nSPS) is 18.6. The summed E-state index contributed by atoms with van der Waals surface area (Å²) in [5.74, 6) is -0.949. The molecule has 9 nitrogen and oxygen atoms in total. The fourth-order valence-electron chi connectivity index (χ4n) is 4.71. The fraction of sp³-hybridized carbons (Fsp3) is 0.333. The molecule has 1 fully saturated rings. The molecule has 2 heterocycles. The Morgan fingerprint density at radius 1 is 1.10 bits per heavy atom. The van der Waals surface area contributed by atoms with E-state index in [1.54, 1.807) is 18.2 Å². The summed E-state index contributed by atoms with van der Waals surface area (Å²) < 4.78 is 47.9. The van der Waals surface area contributed by atoms with Crippen LogP contribution in [0.2, 0.25) is 0 Å². The van der Waals surface area contributed by atoms with Gasteiger partial charge in [-0.2, -0.15) is 23.3 Å². The standard InChI is InChI=1S/C27H26F3N5O4/c28-27(29,30)23-20(15-32-35(23)19-7-2-1-3-8-19)26-33-24(34-39-26)17-12-10-16(11-13-17)22(37)25(38)31-14-18-6-4-5-9-21(18)36/h1-3,7-8,10-13,15,18,21-22,36-37H,4-6,9,14H2,(H,31,38)/t18-,21+,22?/m0/s1. The number of amides is 1. The van der Waals surface area contributed by atoms with Crippen LogP contribution in [0.3, 0.4) is 0 Å². The molecule has 0 radical (unpaired) electrons. The number of alkyl halides is 3. The number of aromatic nitrogens is 4. The lowest BCUT2D eigenvalue weighted by molar-refractivity contribution is -0.142. The van der Waals surface area contributed by atoms with Gasteiger partial charge in [-0.3, -0.25) is 4.79 Å². The van der Waals surface area contributed by atoms with Gasteiger partial charge in [-0.05, 0) is 30.5 Å². The van der Waals surface area contributed by atoms with Gasteiger partial charge in [0, 0.05) is 18.0 Å². The van der Waals surface area contributed by atoms with Gasteiger partial charge in [-0.15, -0.1) is 0 Å². The third kappa shape index (κ3) is 5.71. The van der Waals surface area contributed by atoms with Gasteiger partial charge in [0.2, 0.25) is 5.82 Å². The van der Waals surface area contributed by atoms with Crippen LogP contribution in [0.25, 0.3) is 28.5 Å². The number of aliphatic hydroxyl groups excluding tert-OH is 2. The lowest BCUT2D eigenvalue weighted by Crippen LogP contribution is -2.38. The van der Waals surface area contributed by atoms with Gasteiger partial charge in [0.1, 0.15) is 0 Å². The lowest BCUT2D eigenvalue weighted by Gasteiger charge is -2.28. The molecule has 5 rings (SSSR count). The highest BCUT2D eigenvalue weighted by Gasteiger charge is 2.40. The minimum Gasteiger partial charge on any atom is -0.393 e. The van der Waals surface area contributed by atoms with Gasteiger partial charge >= 0.3 is 6.18 Å². The third-order valence-corrected chi connectivity index (χ3v) is 6.84. The quantitative estimate of drug-likeness (QED) is 0.318. The second-order valence-electron chi connectivity index (χ2n) is 9.46. The Hall–Kier alpha value is -4.03. The van der Waals surface area contributed by atoms with Crippen LogP contribution < -0.4 is 5.32 Å². The first-order valence-corrected chi connectivity index (χ1v) is 12.5.